The SMILES string of the molecule is CC1CCC(N)(c2ccc(F)c(F)c2)c2ccccc21. The summed E-state index contributed by atoms with van der Waals surface area (Å²) in [7, 11) is 0. The molecule has 3 rings (SSSR count). The van der Waals surface area contributed by atoms with E-state index >= 15 is 0 Å². The summed E-state index contributed by atoms with van der Waals surface area (Å²) < 4.78 is 26.7. The second kappa shape index (κ2) is 4.67. The van der Waals surface area contributed by atoms with E-state index in [0.717, 1.165) is 24.5 Å². The van der Waals surface area contributed by atoms with Gasteiger partial charge < -0.3 is 5.73 Å². The van der Waals surface area contributed by atoms with Crippen molar-refractivity contribution in [2.45, 2.75) is 31.2 Å². The average molecular weight is 273 g/mol. The molecule has 1 nitrogen and oxygen atoms in total. The predicted molar refractivity (Wildman–Crippen MR) is 75.4 cm³/mol. The molecule has 0 saturated carbocycles. The van der Waals surface area contributed by atoms with Crippen LogP contribution in [-0.4, -0.2) is 0 Å². The number of nitrogens with two attached hydrogens (primary N) is 1. The Hall–Kier alpha value is -1.74. The van der Waals surface area contributed by atoms with Gasteiger partial charge in [0.25, 0.3) is 0 Å². The first kappa shape index (κ1) is 13.3. The molecule has 0 saturated heterocycles. The van der Waals surface area contributed by atoms with Gasteiger partial charge in [0, 0.05) is 0 Å². The molecular weight excluding hydrogens is 256 g/mol. The van der Waals surface area contributed by atoms with E-state index in [-0.39, 0.29) is 0 Å². The number of hydrogen-bond acceptors (Lipinski definition) is 1. The zero-order chi connectivity index (χ0) is 14.3. The van der Waals surface area contributed by atoms with Gasteiger partial charge in [-0.25, -0.2) is 8.78 Å². The Morgan fingerprint density at radius 1 is 1.10 bits per heavy atom. The fraction of sp³-hybridized carbons (Fsp3) is 0.294. The summed E-state index contributed by atoms with van der Waals surface area (Å²) in [6.45, 7) is 2.17. The predicted octanol–water partition coefficient (Wildman–Crippen LogP) is 4.06. The summed E-state index contributed by atoms with van der Waals surface area (Å²) >= 11 is 0. The van der Waals surface area contributed by atoms with Crippen molar-refractivity contribution in [2.75, 3.05) is 0 Å². The van der Waals surface area contributed by atoms with Crippen LogP contribution >= 0.6 is 0 Å². The lowest BCUT2D eigenvalue weighted by Crippen LogP contribution is -2.41. The highest BCUT2D eigenvalue weighted by atomic mass is 19.2. The van der Waals surface area contributed by atoms with Gasteiger partial charge in [-0.05, 0) is 47.6 Å². The molecule has 0 aliphatic heterocycles. The lowest BCUT2D eigenvalue weighted by atomic mass is 9.70. The van der Waals surface area contributed by atoms with E-state index in [1.807, 2.05) is 18.2 Å². The Bertz CT molecular complexity index is 653. The molecule has 3 heteroatoms. The fourth-order valence-corrected chi connectivity index (χ4v) is 3.14. The molecule has 0 heterocycles. The Balaban J connectivity index is 2.17. The van der Waals surface area contributed by atoms with Crippen LogP contribution in [0.15, 0.2) is 42.5 Å². The highest BCUT2D eigenvalue weighted by Gasteiger charge is 2.37. The number of benzene rings is 2. The van der Waals surface area contributed by atoms with Gasteiger partial charge in [0.15, 0.2) is 11.6 Å². The van der Waals surface area contributed by atoms with Crippen molar-refractivity contribution in [1.29, 1.82) is 0 Å². The zero-order valence-electron chi connectivity index (χ0n) is 11.4. The molecule has 20 heavy (non-hydrogen) atoms. The van der Waals surface area contributed by atoms with Gasteiger partial charge in [-0.1, -0.05) is 37.3 Å². The van der Waals surface area contributed by atoms with Gasteiger partial charge >= 0.3 is 0 Å². The summed E-state index contributed by atoms with van der Waals surface area (Å²) in [4.78, 5) is 0. The maximum absolute atomic E-state index is 13.5. The molecule has 0 bridgehead atoms. The molecule has 0 amide bonds. The topological polar surface area (TPSA) is 26.0 Å². The molecule has 104 valence electrons. The maximum atomic E-state index is 13.5. The minimum Gasteiger partial charge on any atom is -0.318 e. The van der Waals surface area contributed by atoms with Crippen LogP contribution in [0.2, 0.25) is 0 Å². The standard InChI is InChI=1S/C17H17F2N/c1-11-8-9-17(20,14-5-3-2-4-13(11)14)12-6-7-15(18)16(19)10-12/h2-7,10-11H,8-9,20H2,1H3. The van der Waals surface area contributed by atoms with E-state index in [1.54, 1.807) is 6.07 Å². The Kier molecular flexibility index (Phi) is 3.09. The third-order valence-corrected chi connectivity index (χ3v) is 4.38. The van der Waals surface area contributed by atoms with Crippen molar-refractivity contribution >= 4 is 0 Å². The lowest BCUT2D eigenvalue weighted by molar-refractivity contribution is 0.407. The molecule has 2 aromatic carbocycles. The van der Waals surface area contributed by atoms with Crippen molar-refractivity contribution in [3.63, 3.8) is 0 Å². The Labute approximate surface area is 117 Å². The minimum absolute atomic E-state index is 0.438. The quantitative estimate of drug-likeness (QED) is 0.833. The third-order valence-electron chi connectivity index (χ3n) is 4.38. The first-order chi connectivity index (χ1) is 9.52. The van der Waals surface area contributed by atoms with Gasteiger partial charge in [0.2, 0.25) is 0 Å². The van der Waals surface area contributed by atoms with Crippen molar-refractivity contribution < 1.29 is 8.78 Å². The van der Waals surface area contributed by atoms with Crippen molar-refractivity contribution in [3.05, 3.63) is 70.8 Å². The third kappa shape index (κ3) is 1.93. The van der Waals surface area contributed by atoms with Gasteiger partial charge in [-0.3, -0.25) is 0 Å². The van der Waals surface area contributed by atoms with Crippen LogP contribution < -0.4 is 5.73 Å². The second-order valence-electron chi connectivity index (χ2n) is 5.63. The molecule has 0 fully saturated rings. The second-order valence-corrected chi connectivity index (χ2v) is 5.63. The summed E-state index contributed by atoms with van der Waals surface area (Å²) in [5.74, 6) is -1.24. The van der Waals surface area contributed by atoms with E-state index in [4.69, 9.17) is 5.73 Å². The van der Waals surface area contributed by atoms with Crippen LogP contribution in [0.1, 0.15) is 42.4 Å². The zero-order valence-corrected chi connectivity index (χ0v) is 11.4. The summed E-state index contributed by atoms with van der Waals surface area (Å²) in [6, 6.07) is 12.0. The Morgan fingerprint density at radius 3 is 2.60 bits per heavy atom. The van der Waals surface area contributed by atoms with Gasteiger partial charge in [-0.15, -0.1) is 0 Å². The normalized spacial score (nSPS) is 25.3. The van der Waals surface area contributed by atoms with Crippen LogP contribution in [0.4, 0.5) is 8.78 Å². The molecule has 1 aliphatic carbocycles. The summed E-state index contributed by atoms with van der Waals surface area (Å²) in [5.41, 5.74) is 8.70. The van der Waals surface area contributed by atoms with Gasteiger partial charge in [0.1, 0.15) is 0 Å². The van der Waals surface area contributed by atoms with E-state index in [2.05, 4.69) is 13.0 Å². The first-order valence-electron chi connectivity index (χ1n) is 6.86. The van der Waals surface area contributed by atoms with Crippen LogP contribution in [0.5, 0.6) is 0 Å². The highest BCUT2D eigenvalue weighted by Crippen LogP contribution is 2.43. The number of rotatable bonds is 1. The monoisotopic (exact) mass is 273 g/mol. The van der Waals surface area contributed by atoms with Gasteiger partial charge in [0.05, 0.1) is 5.54 Å². The van der Waals surface area contributed by atoms with Crippen LogP contribution in [0.25, 0.3) is 0 Å². The molecule has 2 unspecified atom stereocenters. The van der Waals surface area contributed by atoms with E-state index in [9.17, 15) is 8.78 Å². The fourth-order valence-electron chi connectivity index (χ4n) is 3.14. The smallest absolute Gasteiger partial charge is 0.159 e. The number of fused-ring (bicyclic) bond motifs is 1. The van der Waals surface area contributed by atoms with Crippen LogP contribution in [0, 0.1) is 11.6 Å². The number of hydrogen-bond donors (Lipinski definition) is 1. The summed E-state index contributed by atoms with van der Waals surface area (Å²) in [5, 5.41) is 0. The van der Waals surface area contributed by atoms with E-state index in [1.165, 1.54) is 11.6 Å². The molecule has 2 atom stereocenters. The van der Waals surface area contributed by atoms with Crippen molar-refractivity contribution in [1.82, 2.24) is 0 Å². The average Bonchev–Trinajstić information content (AvgIpc) is 2.46. The minimum atomic E-state index is -0.844. The van der Waals surface area contributed by atoms with Crippen molar-refractivity contribution in [3.8, 4) is 0 Å². The largest absolute Gasteiger partial charge is 0.318 e. The molecule has 0 spiro atoms. The Morgan fingerprint density at radius 2 is 1.85 bits per heavy atom. The summed E-state index contributed by atoms with van der Waals surface area (Å²) in [6.07, 6.45) is 1.67. The molecule has 2 aromatic rings. The lowest BCUT2D eigenvalue weighted by Gasteiger charge is -2.39. The molecular formula is C17H17F2N. The number of halogens is 2. The molecule has 0 radical (unpaired) electrons. The molecule has 0 aromatic heterocycles. The van der Waals surface area contributed by atoms with Crippen LogP contribution in [0.3, 0.4) is 0 Å². The van der Waals surface area contributed by atoms with Gasteiger partial charge in [-0.2, -0.15) is 0 Å². The van der Waals surface area contributed by atoms with Crippen LogP contribution in [-0.2, 0) is 5.54 Å². The van der Waals surface area contributed by atoms with E-state index < -0.39 is 17.2 Å². The molecule has 2 N–H and O–H groups in total. The highest BCUT2D eigenvalue weighted by molar-refractivity contribution is 5.46. The van der Waals surface area contributed by atoms with E-state index in [0.29, 0.717) is 11.5 Å². The molecule has 1 aliphatic rings. The van der Waals surface area contributed by atoms with Crippen molar-refractivity contribution in [2.24, 2.45) is 5.73 Å². The maximum Gasteiger partial charge on any atom is 0.159 e. The first-order valence-corrected chi connectivity index (χ1v) is 6.86.